The maximum Gasteiger partial charge on any atom is 0.234 e. The molecule has 1 heterocycles. The number of amides is 1. The van der Waals surface area contributed by atoms with E-state index in [-0.39, 0.29) is 18.4 Å². The predicted octanol–water partition coefficient (Wildman–Crippen LogP) is 4.06. The molecule has 0 atom stereocenters. The van der Waals surface area contributed by atoms with Gasteiger partial charge in [0.25, 0.3) is 0 Å². The summed E-state index contributed by atoms with van der Waals surface area (Å²) < 4.78 is 0. The second-order valence-corrected chi connectivity index (χ2v) is 8.00. The first-order valence-electron chi connectivity index (χ1n) is 10.3. The van der Waals surface area contributed by atoms with Crippen LogP contribution in [0.3, 0.4) is 0 Å². The van der Waals surface area contributed by atoms with E-state index in [9.17, 15) is 4.79 Å². The van der Waals surface area contributed by atoms with Crippen LogP contribution in [0.4, 0.5) is 0 Å². The quantitative estimate of drug-likeness (QED) is 0.827. The minimum absolute atomic E-state index is 0.0209. The van der Waals surface area contributed by atoms with Crippen molar-refractivity contribution in [3.8, 4) is 6.07 Å². The van der Waals surface area contributed by atoms with E-state index >= 15 is 0 Å². The molecule has 1 aromatic carbocycles. The lowest BCUT2D eigenvalue weighted by atomic mass is 9.84. The highest BCUT2D eigenvalue weighted by Crippen LogP contribution is 2.29. The van der Waals surface area contributed by atoms with Crippen LogP contribution in [0.2, 0.25) is 0 Å². The summed E-state index contributed by atoms with van der Waals surface area (Å²) in [6.45, 7) is 5.58. The van der Waals surface area contributed by atoms with Gasteiger partial charge in [-0.3, -0.25) is 9.69 Å². The van der Waals surface area contributed by atoms with Gasteiger partial charge in [0.15, 0.2) is 0 Å². The maximum absolute atomic E-state index is 11.5. The summed E-state index contributed by atoms with van der Waals surface area (Å²) >= 11 is 0. The highest BCUT2D eigenvalue weighted by molar-refractivity contribution is 5.78. The van der Waals surface area contributed by atoms with Gasteiger partial charge in [0.05, 0.1) is 6.07 Å². The molecular formula is C23H31N3O. The number of rotatable bonds is 6. The molecule has 1 N–H and O–H groups in total. The van der Waals surface area contributed by atoms with Crippen molar-refractivity contribution in [2.75, 3.05) is 19.6 Å². The Balaban J connectivity index is 1.38. The van der Waals surface area contributed by atoms with Gasteiger partial charge < -0.3 is 5.32 Å². The molecular weight excluding hydrogens is 334 g/mol. The third-order valence-electron chi connectivity index (χ3n) is 6.09. The Morgan fingerprint density at radius 1 is 1.26 bits per heavy atom. The molecule has 1 aliphatic heterocycles. The van der Waals surface area contributed by atoms with Crippen LogP contribution >= 0.6 is 0 Å². The third kappa shape index (κ3) is 5.68. The van der Waals surface area contributed by atoms with Gasteiger partial charge in [-0.25, -0.2) is 0 Å². The monoisotopic (exact) mass is 365 g/mol. The number of carbonyl (C=O) groups excluding carboxylic acids is 1. The Morgan fingerprint density at radius 3 is 2.70 bits per heavy atom. The highest BCUT2D eigenvalue weighted by Gasteiger charge is 2.23. The van der Waals surface area contributed by atoms with Crippen molar-refractivity contribution in [3.05, 3.63) is 41.5 Å². The van der Waals surface area contributed by atoms with Crippen LogP contribution in [0.5, 0.6) is 0 Å². The van der Waals surface area contributed by atoms with Crippen LogP contribution < -0.4 is 5.32 Å². The predicted molar refractivity (Wildman–Crippen MR) is 109 cm³/mol. The number of nitriles is 1. The molecule has 4 heteroatoms. The van der Waals surface area contributed by atoms with E-state index in [1.807, 2.05) is 6.07 Å². The molecule has 1 amide bonds. The van der Waals surface area contributed by atoms with E-state index in [0.29, 0.717) is 0 Å². The Kier molecular flexibility index (Phi) is 7.06. The minimum atomic E-state index is -0.120. The van der Waals surface area contributed by atoms with Gasteiger partial charge in [-0.1, -0.05) is 30.3 Å². The van der Waals surface area contributed by atoms with Gasteiger partial charge in [0.1, 0.15) is 6.42 Å². The first-order chi connectivity index (χ1) is 13.2. The minimum Gasteiger partial charge on any atom is -0.352 e. The molecule has 1 fully saturated rings. The van der Waals surface area contributed by atoms with Crippen molar-refractivity contribution in [1.29, 1.82) is 5.26 Å². The van der Waals surface area contributed by atoms with Crippen LogP contribution in [-0.2, 0) is 4.79 Å². The molecule has 144 valence electrons. The Labute approximate surface area is 163 Å². The van der Waals surface area contributed by atoms with Gasteiger partial charge in [0, 0.05) is 19.1 Å². The topological polar surface area (TPSA) is 56.1 Å². The van der Waals surface area contributed by atoms with Gasteiger partial charge in [0.2, 0.25) is 5.91 Å². The maximum atomic E-state index is 11.5. The Bertz CT molecular complexity index is 711. The molecule has 0 radical (unpaired) electrons. The summed E-state index contributed by atoms with van der Waals surface area (Å²) in [5.74, 6) is 0.654. The normalized spacial score (nSPS) is 23.3. The van der Waals surface area contributed by atoms with Crippen molar-refractivity contribution < 1.29 is 4.79 Å². The fourth-order valence-corrected chi connectivity index (χ4v) is 4.40. The second kappa shape index (κ2) is 9.71. The molecule has 0 unspecified atom stereocenters. The largest absolute Gasteiger partial charge is 0.352 e. The summed E-state index contributed by atoms with van der Waals surface area (Å²) in [6, 6.07) is 10.9. The molecule has 0 spiro atoms. The molecule has 4 nitrogen and oxygen atoms in total. The number of carbonyl (C=O) groups is 1. The lowest BCUT2D eigenvalue weighted by Gasteiger charge is -2.32. The fourth-order valence-electron chi connectivity index (χ4n) is 4.40. The van der Waals surface area contributed by atoms with Gasteiger partial charge in [-0.05, 0) is 74.6 Å². The lowest BCUT2D eigenvalue weighted by Crippen LogP contribution is -2.38. The van der Waals surface area contributed by atoms with E-state index in [2.05, 4.69) is 47.5 Å². The number of nitrogens with zero attached hydrogens (tertiary/aromatic N) is 2. The summed E-state index contributed by atoms with van der Waals surface area (Å²) in [7, 11) is 0. The zero-order valence-electron chi connectivity index (χ0n) is 16.4. The molecule has 0 saturated heterocycles. The van der Waals surface area contributed by atoms with Gasteiger partial charge >= 0.3 is 0 Å². The average Bonchev–Trinajstić information content (AvgIpc) is 2.68. The average molecular weight is 366 g/mol. The van der Waals surface area contributed by atoms with Crippen molar-refractivity contribution >= 4 is 11.5 Å². The highest BCUT2D eigenvalue weighted by atomic mass is 16.1. The van der Waals surface area contributed by atoms with E-state index in [1.54, 1.807) is 0 Å². The first kappa shape index (κ1) is 19.6. The first-order valence-corrected chi connectivity index (χ1v) is 10.3. The van der Waals surface area contributed by atoms with Crippen molar-refractivity contribution in [3.63, 3.8) is 0 Å². The molecule has 1 aliphatic carbocycles. The molecule has 0 aromatic heterocycles. The Morgan fingerprint density at radius 2 is 2.04 bits per heavy atom. The van der Waals surface area contributed by atoms with Gasteiger partial charge in [-0.15, -0.1) is 0 Å². The standard InChI is InChI=1S/C23H31N3O/c1-18-4-2-3-5-22(18)20-12-16-26(17-13-20)15-11-19-6-8-21(9-7-19)25-23(27)10-14-24/h2-5,12,19,21H,6-11,13,15-17H2,1H3,(H,25,27). The third-order valence-corrected chi connectivity index (χ3v) is 6.09. The number of hydrogen-bond donors (Lipinski definition) is 1. The molecule has 27 heavy (non-hydrogen) atoms. The van der Waals surface area contributed by atoms with E-state index in [1.165, 1.54) is 42.5 Å². The second-order valence-electron chi connectivity index (χ2n) is 8.00. The van der Waals surface area contributed by atoms with Gasteiger partial charge in [-0.2, -0.15) is 5.26 Å². The molecule has 2 aliphatic rings. The van der Waals surface area contributed by atoms with Crippen LogP contribution in [0, 0.1) is 24.2 Å². The summed E-state index contributed by atoms with van der Waals surface area (Å²) in [6.07, 6.45) is 9.28. The van der Waals surface area contributed by atoms with E-state index in [0.717, 1.165) is 38.3 Å². The van der Waals surface area contributed by atoms with Crippen LogP contribution in [0.15, 0.2) is 30.3 Å². The summed E-state index contributed by atoms with van der Waals surface area (Å²) in [5, 5.41) is 11.6. The molecule has 1 aromatic rings. The van der Waals surface area contributed by atoms with E-state index in [4.69, 9.17) is 5.26 Å². The van der Waals surface area contributed by atoms with Crippen molar-refractivity contribution in [2.24, 2.45) is 5.92 Å². The van der Waals surface area contributed by atoms with Crippen molar-refractivity contribution in [2.45, 2.75) is 57.9 Å². The Hall–Kier alpha value is -2.12. The zero-order chi connectivity index (χ0) is 19.1. The zero-order valence-corrected chi connectivity index (χ0v) is 16.4. The SMILES string of the molecule is Cc1ccccc1C1=CCN(CCC2CCC(NC(=O)CC#N)CC2)CC1. The number of benzene rings is 1. The summed E-state index contributed by atoms with van der Waals surface area (Å²) in [4.78, 5) is 14.1. The molecule has 1 saturated carbocycles. The van der Waals surface area contributed by atoms with E-state index < -0.39 is 0 Å². The van der Waals surface area contributed by atoms with Crippen molar-refractivity contribution in [1.82, 2.24) is 10.2 Å². The smallest absolute Gasteiger partial charge is 0.234 e. The number of hydrogen-bond acceptors (Lipinski definition) is 3. The fraction of sp³-hybridized carbons (Fsp3) is 0.565. The van der Waals surface area contributed by atoms with Crippen LogP contribution in [-0.4, -0.2) is 36.5 Å². The molecule has 3 rings (SSSR count). The van der Waals surface area contributed by atoms with Crippen LogP contribution in [0.25, 0.3) is 5.57 Å². The lowest BCUT2D eigenvalue weighted by molar-refractivity contribution is -0.121. The number of nitrogens with one attached hydrogen (secondary N) is 1. The summed E-state index contributed by atoms with van der Waals surface area (Å²) in [5.41, 5.74) is 4.28. The number of aryl methyl sites for hydroxylation is 1. The van der Waals surface area contributed by atoms with Crippen LogP contribution in [0.1, 0.15) is 56.1 Å². The molecule has 0 bridgehead atoms.